The molecular formula is C13H19BrCl2FNO. The number of benzene rings is 1. The molecule has 1 aliphatic rings. The zero-order valence-electron chi connectivity index (χ0n) is 10.8. The molecule has 110 valence electrons. The topological polar surface area (TPSA) is 12.5 Å². The van der Waals surface area contributed by atoms with Crippen LogP contribution >= 0.6 is 40.7 Å². The molecule has 1 aliphatic heterocycles. The number of hydrogen-bond donors (Lipinski definition) is 0. The fourth-order valence-electron chi connectivity index (χ4n) is 2.08. The van der Waals surface area contributed by atoms with Gasteiger partial charge >= 0.3 is 0 Å². The monoisotopic (exact) mass is 373 g/mol. The lowest BCUT2D eigenvalue weighted by Gasteiger charge is -2.31. The minimum absolute atomic E-state index is 0. The molecule has 2 rings (SSSR count). The summed E-state index contributed by atoms with van der Waals surface area (Å²) >= 11 is 3.21. The molecule has 0 aromatic heterocycles. The van der Waals surface area contributed by atoms with Gasteiger partial charge in [-0.15, -0.1) is 24.8 Å². The van der Waals surface area contributed by atoms with Crippen molar-refractivity contribution < 1.29 is 9.13 Å². The van der Waals surface area contributed by atoms with E-state index < -0.39 is 0 Å². The number of morpholine rings is 1. The van der Waals surface area contributed by atoms with E-state index in [-0.39, 0.29) is 30.6 Å². The molecule has 1 fully saturated rings. The quantitative estimate of drug-likeness (QED) is 0.799. The average molecular weight is 375 g/mol. The van der Waals surface area contributed by atoms with Crippen molar-refractivity contribution in [2.24, 2.45) is 0 Å². The molecule has 1 saturated heterocycles. The number of halogens is 4. The molecule has 1 aromatic carbocycles. The summed E-state index contributed by atoms with van der Waals surface area (Å²) in [6.45, 7) is 5.90. The molecule has 0 bridgehead atoms. The lowest BCUT2D eigenvalue weighted by Crippen LogP contribution is -2.41. The predicted molar refractivity (Wildman–Crippen MR) is 84.2 cm³/mol. The smallest absolute Gasteiger partial charge is 0.137 e. The van der Waals surface area contributed by atoms with E-state index in [4.69, 9.17) is 4.74 Å². The Labute approximate surface area is 134 Å². The van der Waals surface area contributed by atoms with Gasteiger partial charge in [-0.25, -0.2) is 4.39 Å². The number of hydrogen-bond acceptors (Lipinski definition) is 2. The van der Waals surface area contributed by atoms with Crippen LogP contribution in [0.15, 0.2) is 22.7 Å². The van der Waals surface area contributed by atoms with Crippen molar-refractivity contribution in [3.05, 3.63) is 34.1 Å². The zero-order chi connectivity index (χ0) is 12.3. The van der Waals surface area contributed by atoms with Gasteiger partial charge in [0, 0.05) is 19.6 Å². The summed E-state index contributed by atoms with van der Waals surface area (Å²) in [5, 5.41) is 0. The molecule has 0 amide bonds. The minimum Gasteiger partial charge on any atom is -0.376 e. The molecule has 1 heterocycles. The van der Waals surface area contributed by atoms with Crippen LogP contribution in [0.25, 0.3) is 0 Å². The van der Waals surface area contributed by atoms with E-state index in [9.17, 15) is 4.39 Å². The Morgan fingerprint density at radius 2 is 2.16 bits per heavy atom. The lowest BCUT2D eigenvalue weighted by molar-refractivity contribution is -0.0177. The fourth-order valence-corrected chi connectivity index (χ4v) is 2.50. The van der Waals surface area contributed by atoms with Gasteiger partial charge in [0.25, 0.3) is 0 Å². The molecule has 6 heteroatoms. The first kappa shape index (κ1) is 19.1. The number of ether oxygens (including phenoxy) is 1. The summed E-state index contributed by atoms with van der Waals surface area (Å²) in [6.07, 6.45) is 1.27. The lowest BCUT2D eigenvalue weighted by atomic mass is 10.1. The summed E-state index contributed by atoms with van der Waals surface area (Å²) in [4.78, 5) is 2.39. The highest BCUT2D eigenvalue weighted by atomic mass is 79.9. The molecule has 1 atom stereocenters. The average Bonchev–Trinajstić information content (AvgIpc) is 2.31. The van der Waals surface area contributed by atoms with Crippen molar-refractivity contribution >= 4 is 40.7 Å². The molecule has 19 heavy (non-hydrogen) atoms. The zero-order valence-corrected chi connectivity index (χ0v) is 14.0. The van der Waals surface area contributed by atoms with E-state index in [1.165, 1.54) is 6.07 Å². The van der Waals surface area contributed by atoms with Gasteiger partial charge in [-0.2, -0.15) is 0 Å². The van der Waals surface area contributed by atoms with Crippen LogP contribution in [-0.2, 0) is 11.2 Å². The summed E-state index contributed by atoms with van der Waals surface area (Å²) in [7, 11) is 0. The third-order valence-electron chi connectivity index (χ3n) is 3.03. The van der Waals surface area contributed by atoms with Crippen LogP contribution in [0.2, 0.25) is 0 Å². The first-order valence-electron chi connectivity index (χ1n) is 5.93. The van der Waals surface area contributed by atoms with Gasteiger partial charge in [-0.1, -0.05) is 6.07 Å². The largest absolute Gasteiger partial charge is 0.376 e. The van der Waals surface area contributed by atoms with Crippen molar-refractivity contribution in [1.29, 1.82) is 0 Å². The molecule has 2 nitrogen and oxygen atoms in total. The molecule has 0 saturated carbocycles. The summed E-state index contributed by atoms with van der Waals surface area (Å²) in [5.41, 5.74) is 1.16. The fraction of sp³-hybridized carbons (Fsp3) is 0.538. The van der Waals surface area contributed by atoms with E-state index in [1.807, 2.05) is 12.1 Å². The van der Waals surface area contributed by atoms with E-state index in [1.54, 1.807) is 0 Å². The van der Waals surface area contributed by atoms with Crippen LogP contribution in [0.3, 0.4) is 0 Å². The predicted octanol–water partition coefficient (Wildman–Crippen LogP) is 3.70. The highest BCUT2D eigenvalue weighted by Gasteiger charge is 2.16. The Bertz CT molecular complexity index is 395. The molecule has 0 spiro atoms. The Morgan fingerprint density at radius 3 is 2.79 bits per heavy atom. The van der Waals surface area contributed by atoms with Crippen LogP contribution in [0.5, 0.6) is 0 Å². The van der Waals surface area contributed by atoms with Gasteiger partial charge in [0.2, 0.25) is 0 Å². The van der Waals surface area contributed by atoms with Gasteiger partial charge in [0.15, 0.2) is 0 Å². The van der Waals surface area contributed by atoms with Crippen molar-refractivity contribution in [1.82, 2.24) is 4.90 Å². The van der Waals surface area contributed by atoms with Crippen LogP contribution in [0.1, 0.15) is 12.5 Å². The van der Waals surface area contributed by atoms with E-state index >= 15 is 0 Å². The second-order valence-electron chi connectivity index (χ2n) is 4.48. The van der Waals surface area contributed by atoms with E-state index in [0.717, 1.165) is 38.2 Å². The Hall–Kier alpha value is 0.130. The number of rotatable bonds is 3. The van der Waals surface area contributed by atoms with Crippen LogP contribution < -0.4 is 0 Å². The van der Waals surface area contributed by atoms with Gasteiger partial charge in [0.05, 0.1) is 17.2 Å². The van der Waals surface area contributed by atoms with Crippen LogP contribution in [0.4, 0.5) is 4.39 Å². The summed E-state index contributed by atoms with van der Waals surface area (Å²) in [6, 6.07) is 5.23. The molecule has 1 unspecified atom stereocenters. The summed E-state index contributed by atoms with van der Waals surface area (Å²) in [5.74, 6) is -0.200. The first-order chi connectivity index (χ1) is 8.15. The van der Waals surface area contributed by atoms with Crippen molar-refractivity contribution in [3.63, 3.8) is 0 Å². The second kappa shape index (κ2) is 9.14. The SMILES string of the molecule is CC1CN(CCc2ccc(F)c(Br)c2)CCO1.Cl.Cl. The van der Waals surface area contributed by atoms with Crippen LogP contribution in [0, 0.1) is 5.82 Å². The van der Waals surface area contributed by atoms with E-state index in [0.29, 0.717) is 10.6 Å². The normalized spacial score (nSPS) is 19.4. The van der Waals surface area contributed by atoms with Crippen molar-refractivity contribution in [3.8, 4) is 0 Å². The van der Waals surface area contributed by atoms with Crippen LogP contribution in [-0.4, -0.2) is 37.2 Å². The maximum absolute atomic E-state index is 13.1. The third kappa shape index (κ3) is 5.96. The molecule has 0 radical (unpaired) electrons. The van der Waals surface area contributed by atoms with Gasteiger partial charge < -0.3 is 4.74 Å². The second-order valence-corrected chi connectivity index (χ2v) is 5.33. The summed E-state index contributed by atoms with van der Waals surface area (Å²) < 4.78 is 19.1. The Morgan fingerprint density at radius 1 is 1.42 bits per heavy atom. The van der Waals surface area contributed by atoms with Gasteiger partial charge in [0.1, 0.15) is 5.82 Å². The first-order valence-corrected chi connectivity index (χ1v) is 6.72. The van der Waals surface area contributed by atoms with Gasteiger partial charge in [-0.05, 0) is 47.0 Å². The third-order valence-corrected chi connectivity index (χ3v) is 3.63. The molecule has 0 N–H and O–H groups in total. The number of nitrogens with zero attached hydrogens (tertiary/aromatic N) is 1. The van der Waals surface area contributed by atoms with Gasteiger partial charge in [-0.3, -0.25) is 4.90 Å². The van der Waals surface area contributed by atoms with Crippen molar-refractivity contribution in [2.75, 3.05) is 26.2 Å². The standard InChI is InChI=1S/C13H17BrFNO.2ClH/c1-10-9-16(6-7-17-10)5-4-11-2-3-13(15)12(14)8-11;;/h2-3,8,10H,4-7,9H2,1H3;2*1H. The maximum atomic E-state index is 13.1. The molecular weight excluding hydrogens is 356 g/mol. The Kier molecular flexibility index (Phi) is 9.20. The minimum atomic E-state index is -0.200. The van der Waals surface area contributed by atoms with E-state index in [2.05, 4.69) is 27.8 Å². The molecule has 1 aromatic rings. The highest BCUT2D eigenvalue weighted by molar-refractivity contribution is 9.10. The maximum Gasteiger partial charge on any atom is 0.137 e. The van der Waals surface area contributed by atoms with Crippen molar-refractivity contribution in [2.45, 2.75) is 19.4 Å². The highest BCUT2D eigenvalue weighted by Crippen LogP contribution is 2.17. The Balaban J connectivity index is 0.00000162. The molecule has 0 aliphatic carbocycles.